The van der Waals surface area contributed by atoms with Crippen molar-refractivity contribution in [2.45, 2.75) is 19.3 Å². The molecule has 0 saturated carbocycles. The maximum atomic E-state index is 11.7. The predicted octanol–water partition coefficient (Wildman–Crippen LogP) is 1.31. The minimum absolute atomic E-state index is 0.334. The third-order valence-corrected chi connectivity index (χ3v) is 3.11. The Kier molecular flexibility index (Phi) is 4.52. The summed E-state index contributed by atoms with van der Waals surface area (Å²) < 4.78 is 5.21. The molecule has 18 heavy (non-hydrogen) atoms. The number of nitrogens with two attached hydrogens (primary N) is 1. The van der Waals surface area contributed by atoms with Crippen molar-refractivity contribution in [2.24, 2.45) is 0 Å². The van der Waals surface area contributed by atoms with Gasteiger partial charge in [0.25, 0.3) is 0 Å². The first-order chi connectivity index (χ1) is 8.75. The molecule has 0 atom stereocenters. The fraction of sp³-hybridized carbons (Fsp3) is 0.538. The van der Waals surface area contributed by atoms with E-state index in [1.54, 1.807) is 12.1 Å². The van der Waals surface area contributed by atoms with Crippen LogP contribution in [0.5, 0.6) is 0 Å². The van der Waals surface area contributed by atoms with Crippen molar-refractivity contribution in [3.63, 3.8) is 0 Å². The van der Waals surface area contributed by atoms with E-state index in [0.717, 1.165) is 19.6 Å². The second-order valence-corrected chi connectivity index (χ2v) is 4.51. The summed E-state index contributed by atoms with van der Waals surface area (Å²) in [6, 6.07) is 3.23. The number of carbonyl (C=O) groups is 1. The molecule has 2 rings (SSSR count). The Hall–Kier alpha value is -1.62. The topological polar surface area (TPSA) is 68.5 Å². The van der Waals surface area contributed by atoms with Crippen molar-refractivity contribution in [3.8, 4) is 0 Å². The first kappa shape index (κ1) is 12.8. The third kappa shape index (κ3) is 3.70. The lowest BCUT2D eigenvalue weighted by molar-refractivity contribution is 0.0451. The summed E-state index contributed by atoms with van der Waals surface area (Å²) in [6.07, 6.45) is 5.25. The van der Waals surface area contributed by atoms with Crippen LogP contribution in [0, 0.1) is 0 Å². The molecule has 0 aromatic carbocycles. The van der Waals surface area contributed by atoms with Crippen LogP contribution >= 0.6 is 0 Å². The predicted molar refractivity (Wildman–Crippen MR) is 69.2 cm³/mol. The fourth-order valence-electron chi connectivity index (χ4n) is 2.06. The minimum atomic E-state index is -0.334. The highest BCUT2D eigenvalue weighted by Gasteiger charge is 2.11. The van der Waals surface area contributed by atoms with Crippen molar-refractivity contribution in [2.75, 3.05) is 32.0 Å². The highest BCUT2D eigenvalue weighted by atomic mass is 16.5. The summed E-state index contributed by atoms with van der Waals surface area (Å²) >= 11 is 0. The number of nitrogens with zero attached hydrogens (tertiary/aromatic N) is 2. The van der Waals surface area contributed by atoms with Gasteiger partial charge in [0.1, 0.15) is 12.4 Å². The van der Waals surface area contributed by atoms with Crippen LogP contribution in [0.4, 0.5) is 5.82 Å². The van der Waals surface area contributed by atoms with Crippen molar-refractivity contribution >= 4 is 11.8 Å². The molecule has 0 bridgehead atoms. The number of anilines is 1. The first-order valence-electron chi connectivity index (χ1n) is 6.37. The second-order valence-electron chi connectivity index (χ2n) is 4.51. The molecule has 1 aliphatic heterocycles. The van der Waals surface area contributed by atoms with Gasteiger partial charge in [-0.1, -0.05) is 6.42 Å². The molecule has 5 nitrogen and oxygen atoms in total. The van der Waals surface area contributed by atoms with Crippen LogP contribution < -0.4 is 5.73 Å². The van der Waals surface area contributed by atoms with E-state index in [1.807, 2.05) is 0 Å². The molecule has 1 fully saturated rings. The number of carbonyl (C=O) groups excluding carboxylic acids is 1. The Labute approximate surface area is 107 Å². The zero-order valence-corrected chi connectivity index (χ0v) is 10.5. The monoisotopic (exact) mass is 249 g/mol. The smallest absolute Gasteiger partial charge is 0.339 e. The van der Waals surface area contributed by atoms with Crippen molar-refractivity contribution in [1.29, 1.82) is 0 Å². The zero-order valence-electron chi connectivity index (χ0n) is 10.5. The normalized spacial score (nSPS) is 16.4. The lowest BCUT2D eigenvalue weighted by Gasteiger charge is -2.25. The third-order valence-electron chi connectivity index (χ3n) is 3.11. The average molecular weight is 249 g/mol. The summed E-state index contributed by atoms with van der Waals surface area (Å²) in [5, 5.41) is 0. The molecule has 5 heteroatoms. The van der Waals surface area contributed by atoms with Gasteiger partial charge in [-0.15, -0.1) is 0 Å². The molecule has 0 unspecified atom stereocenters. The van der Waals surface area contributed by atoms with Crippen LogP contribution in [0.15, 0.2) is 18.3 Å². The molecule has 0 spiro atoms. The van der Waals surface area contributed by atoms with E-state index in [2.05, 4.69) is 9.88 Å². The van der Waals surface area contributed by atoms with E-state index in [-0.39, 0.29) is 5.97 Å². The van der Waals surface area contributed by atoms with E-state index >= 15 is 0 Å². The van der Waals surface area contributed by atoms with E-state index in [1.165, 1.54) is 25.5 Å². The van der Waals surface area contributed by atoms with Gasteiger partial charge in [0.15, 0.2) is 0 Å². The number of aromatic nitrogens is 1. The summed E-state index contributed by atoms with van der Waals surface area (Å²) in [6.45, 7) is 3.47. The van der Waals surface area contributed by atoms with Gasteiger partial charge in [0.05, 0.1) is 5.56 Å². The summed E-state index contributed by atoms with van der Waals surface area (Å²) in [4.78, 5) is 17.9. The molecular weight excluding hydrogens is 230 g/mol. The Morgan fingerprint density at radius 1 is 1.33 bits per heavy atom. The largest absolute Gasteiger partial charge is 0.461 e. The standard InChI is InChI=1S/C13H19N3O2/c14-12-5-4-11(10-15-12)13(17)18-9-8-16-6-2-1-3-7-16/h4-5,10H,1-3,6-9H2,(H2,14,15). The molecule has 1 aliphatic rings. The summed E-state index contributed by atoms with van der Waals surface area (Å²) in [5.74, 6) is 0.0689. The molecule has 0 aliphatic carbocycles. The zero-order chi connectivity index (χ0) is 12.8. The maximum Gasteiger partial charge on any atom is 0.339 e. The molecule has 0 radical (unpaired) electrons. The number of nitrogen functional groups attached to an aromatic ring is 1. The van der Waals surface area contributed by atoms with Crippen LogP contribution in [-0.4, -0.2) is 42.1 Å². The highest BCUT2D eigenvalue weighted by Crippen LogP contribution is 2.08. The minimum Gasteiger partial charge on any atom is -0.461 e. The number of rotatable bonds is 4. The Morgan fingerprint density at radius 3 is 2.78 bits per heavy atom. The molecule has 2 N–H and O–H groups in total. The first-order valence-corrected chi connectivity index (χ1v) is 6.37. The summed E-state index contributed by atoms with van der Waals surface area (Å²) in [5.41, 5.74) is 5.90. The number of hydrogen-bond donors (Lipinski definition) is 1. The quantitative estimate of drug-likeness (QED) is 0.815. The van der Waals surface area contributed by atoms with Gasteiger partial charge in [0, 0.05) is 12.7 Å². The van der Waals surface area contributed by atoms with Crippen LogP contribution in [0.1, 0.15) is 29.6 Å². The number of ether oxygens (including phenoxy) is 1. The SMILES string of the molecule is Nc1ccc(C(=O)OCCN2CCCCC2)cn1. The molecule has 1 saturated heterocycles. The van der Waals surface area contributed by atoms with Gasteiger partial charge in [-0.2, -0.15) is 0 Å². The van der Waals surface area contributed by atoms with Gasteiger partial charge in [-0.3, -0.25) is 4.90 Å². The van der Waals surface area contributed by atoms with E-state index in [0.29, 0.717) is 18.0 Å². The van der Waals surface area contributed by atoms with Gasteiger partial charge < -0.3 is 10.5 Å². The maximum absolute atomic E-state index is 11.7. The van der Waals surface area contributed by atoms with E-state index in [4.69, 9.17) is 10.5 Å². The van der Waals surface area contributed by atoms with Gasteiger partial charge in [0.2, 0.25) is 0 Å². The van der Waals surface area contributed by atoms with Crippen molar-refractivity contribution < 1.29 is 9.53 Å². The second kappa shape index (κ2) is 6.35. The van der Waals surface area contributed by atoms with Gasteiger partial charge in [-0.25, -0.2) is 9.78 Å². The van der Waals surface area contributed by atoms with Crippen molar-refractivity contribution in [1.82, 2.24) is 9.88 Å². The highest BCUT2D eigenvalue weighted by molar-refractivity contribution is 5.89. The molecule has 2 heterocycles. The van der Waals surface area contributed by atoms with Gasteiger partial charge in [-0.05, 0) is 38.1 Å². The lowest BCUT2D eigenvalue weighted by atomic mass is 10.1. The Bertz CT molecular complexity index is 386. The molecule has 1 aromatic rings. The van der Waals surface area contributed by atoms with Crippen LogP contribution in [0.2, 0.25) is 0 Å². The Balaban J connectivity index is 1.72. The van der Waals surface area contributed by atoms with E-state index < -0.39 is 0 Å². The van der Waals surface area contributed by atoms with Crippen LogP contribution in [0.25, 0.3) is 0 Å². The van der Waals surface area contributed by atoms with Crippen LogP contribution in [0.3, 0.4) is 0 Å². The van der Waals surface area contributed by atoms with Crippen LogP contribution in [-0.2, 0) is 4.74 Å². The number of esters is 1. The van der Waals surface area contributed by atoms with Crippen molar-refractivity contribution in [3.05, 3.63) is 23.9 Å². The Morgan fingerprint density at radius 2 is 2.11 bits per heavy atom. The molecule has 1 aromatic heterocycles. The fourth-order valence-corrected chi connectivity index (χ4v) is 2.06. The number of pyridine rings is 1. The summed E-state index contributed by atoms with van der Waals surface area (Å²) in [7, 11) is 0. The number of piperidine rings is 1. The van der Waals surface area contributed by atoms with Gasteiger partial charge >= 0.3 is 5.97 Å². The molecular formula is C13H19N3O2. The average Bonchev–Trinajstić information content (AvgIpc) is 2.40. The number of hydrogen-bond acceptors (Lipinski definition) is 5. The molecule has 0 amide bonds. The lowest BCUT2D eigenvalue weighted by Crippen LogP contribution is -2.33. The number of likely N-dealkylation sites (tertiary alicyclic amines) is 1. The van der Waals surface area contributed by atoms with E-state index in [9.17, 15) is 4.79 Å². The molecule has 98 valence electrons.